The molecule has 2 aromatic rings. The molecule has 6 heteroatoms. The summed E-state index contributed by atoms with van der Waals surface area (Å²) in [6, 6.07) is 11.5. The Morgan fingerprint density at radius 2 is 1.83 bits per heavy atom. The summed E-state index contributed by atoms with van der Waals surface area (Å²) in [6.45, 7) is 0. The number of carbonyl (C=O) groups excluding carboxylic acids is 2. The summed E-state index contributed by atoms with van der Waals surface area (Å²) < 4.78 is 5.10. The smallest absolute Gasteiger partial charge is 0.255 e. The predicted octanol–water partition coefficient (Wildman–Crippen LogP) is 3.30. The number of halogens is 1. The number of hydrogen-bond acceptors (Lipinski definition) is 3. The SMILES string of the molecule is COc1cccc(C(=O)Nc2cc(C(=O)N(C)C)ccc2Cl)c1. The lowest BCUT2D eigenvalue weighted by Gasteiger charge is -2.13. The Morgan fingerprint density at radius 3 is 2.48 bits per heavy atom. The number of methoxy groups -OCH3 is 1. The minimum absolute atomic E-state index is 0.168. The van der Waals surface area contributed by atoms with E-state index in [-0.39, 0.29) is 11.8 Å². The second-order valence-electron chi connectivity index (χ2n) is 5.08. The normalized spacial score (nSPS) is 10.1. The largest absolute Gasteiger partial charge is 0.497 e. The molecule has 0 aliphatic rings. The fourth-order valence-corrected chi connectivity index (χ4v) is 2.14. The summed E-state index contributed by atoms with van der Waals surface area (Å²) in [5, 5.41) is 3.07. The zero-order chi connectivity index (χ0) is 17.0. The molecule has 0 saturated heterocycles. The van der Waals surface area contributed by atoms with Gasteiger partial charge in [-0.15, -0.1) is 0 Å². The molecule has 2 rings (SSSR count). The van der Waals surface area contributed by atoms with Gasteiger partial charge in [-0.25, -0.2) is 0 Å². The lowest BCUT2D eigenvalue weighted by molar-refractivity contribution is 0.0827. The van der Waals surface area contributed by atoms with Crippen LogP contribution in [0.1, 0.15) is 20.7 Å². The van der Waals surface area contributed by atoms with Crippen molar-refractivity contribution in [3.63, 3.8) is 0 Å². The molecule has 1 N–H and O–H groups in total. The summed E-state index contributed by atoms with van der Waals surface area (Å²) in [5.41, 5.74) is 1.26. The molecule has 0 saturated carbocycles. The van der Waals surface area contributed by atoms with Gasteiger partial charge in [-0.3, -0.25) is 9.59 Å². The van der Waals surface area contributed by atoms with Crippen LogP contribution in [0.4, 0.5) is 5.69 Å². The van der Waals surface area contributed by atoms with Crippen LogP contribution in [0, 0.1) is 0 Å². The van der Waals surface area contributed by atoms with Gasteiger partial charge in [-0.1, -0.05) is 17.7 Å². The fourth-order valence-electron chi connectivity index (χ4n) is 1.97. The topological polar surface area (TPSA) is 58.6 Å². The van der Waals surface area contributed by atoms with Gasteiger partial charge in [0.1, 0.15) is 5.75 Å². The lowest BCUT2D eigenvalue weighted by atomic mass is 10.1. The lowest BCUT2D eigenvalue weighted by Crippen LogP contribution is -2.22. The fraction of sp³-hybridized carbons (Fsp3) is 0.176. The first kappa shape index (κ1) is 16.8. The third-order valence-corrected chi connectivity index (χ3v) is 3.53. The summed E-state index contributed by atoms with van der Waals surface area (Å²) in [5.74, 6) is 0.0825. The molecule has 0 unspecified atom stereocenters. The third-order valence-electron chi connectivity index (χ3n) is 3.20. The van der Waals surface area contributed by atoms with Crippen LogP contribution in [0.25, 0.3) is 0 Å². The number of nitrogens with zero attached hydrogens (tertiary/aromatic N) is 1. The number of anilines is 1. The average molecular weight is 333 g/mol. The third kappa shape index (κ3) is 4.02. The van der Waals surface area contributed by atoms with Crippen molar-refractivity contribution < 1.29 is 14.3 Å². The highest BCUT2D eigenvalue weighted by atomic mass is 35.5. The summed E-state index contributed by atoms with van der Waals surface area (Å²) in [7, 11) is 4.85. The summed E-state index contributed by atoms with van der Waals surface area (Å²) >= 11 is 6.11. The van der Waals surface area contributed by atoms with Crippen LogP contribution in [0.3, 0.4) is 0 Å². The van der Waals surface area contributed by atoms with Gasteiger partial charge >= 0.3 is 0 Å². The van der Waals surface area contributed by atoms with E-state index in [0.29, 0.717) is 27.6 Å². The molecular formula is C17H17ClN2O3. The molecular weight excluding hydrogens is 316 g/mol. The van der Waals surface area contributed by atoms with Crippen molar-refractivity contribution in [2.75, 3.05) is 26.5 Å². The van der Waals surface area contributed by atoms with E-state index in [1.54, 1.807) is 56.6 Å². The van der Waals surface area contributed by atoms with Gasteiger partial charge in [0.15, 0.2) is 0 Å². The van der Waals surface area contributed by atoms with Crippen LogP contribution in [0.15, 0.2) is 42.5 Å². The van der Waals surface area contributed by atoms with Crippen LogP contribution in [0.5, 0.6) is 5.75 Å². The van der Waals surface area contributed by atoms with Gasteiger partial charge in [0.25, 0.3) is 11.8 Å². The molecule has 23 heavy (non-hydrogen) atoms. The predicted molar refractivity (Wildman–Crippen MR) is 90.4 cm³/mol. The van der Waals surface area contributed by atoms with E-state index < -0.39 is 0 Å². The second kappa shape index (κ2) is 7.15. The molecule has 0 aliphatic carbocycles. The number of rotatable bonds is 4. The van der Waals surface area contributed by atoms with Crippen LogP contribution in [-0.2, 0) is 0 Å². The van der Waals surface area contributed by atoms with E-state index in [4.69, 9.17) is 16.3 Å². The highest BCUT2D eigenvalue weighted by molar-refractivity contribution is 6.34. The van der Waals surface area contributed by atoms with E-state index >= 15 is 0 Å². The van der Waals surface area contributed by atoms with Crippen LogP contribution in [0.2, 0.25) is 5.02 Å². The first-order valence-electron chi connectivity index (χ1n) is 6.89. The number of ether oxygens (including phenoxy) is 1. The molecule has 2 amide bonds. The van der Waals surface area contributed by atoms with Crippen LogP contribution >= 0.6 is 11.6 Å². The maximum atomic E-state index is 12.3. The van der Waals surface area contributed by atoms with E-state index in [1.165, 1.54) is 12.0 Å². The summed E-state index contributed by atoms with van der Waals surface area (Å²) in [6.07, 6.45) is 0. The standard InChI is InChI=1S/C17H17ClN2O3/c1-20(2)17(22)12-7-8-14(18)15(10-12)19-16(21)11-5-4-6-13(9-11)23-3/h4-10H,1-3H3,(H,19,21). The number of nitrogens with one attached hydrogen (secondary N) is 1. The molecule has 120 valence electrons. The number of hydrogen-bond donors (Lipinski definition) is 1. The zero-order valence-corrected chi connectivity index (χ0v) is 13.8. The monoisotopic (exact) mass is 332 g/mol. The minimum atomic E-state index is -0.333. The van der Waals surface area contributed by atoms with Crippen molar-refractivity contribution in [3.8, 4) is 5.75 Å². The number of amides is 2. The highest BCUT2D eigenvalue weighted by Gasteiger charge is 2.13. The van der Waals surface area contributed by atoms with Crippen molar-refractivity contribution in [1.29, 1.82) is 0 Å². The maximum Gasteiger partial charge on any atom is 0.255 e. The highest BCUT2D eigenvalue weighted by Crippen LogP contribution is 2.24. The molecule has 0 spiro atoms. The van der Waals surface area contributed by atoms with E-state index in [9.17, 15) is 9.59 Å². The zero-order valence-electron chi connectivity index (χ0n) is 13.1. The van der Waals surface area contributed by atoms with E-state index in [1.807, 2.05) is 0 Å². The second-order valence-corrected chi connectivity index (χ2v) is 5.49. The first-order valence-corrected chi connectivity index (χ1v) is 7.27. The molecule has 0 aromatic heterocycles. The number of benzene rings is 2. The molecule has 0 fully saturated rings. The Hall–Kier alpha value is -2.53. The molecule has 0 bridgehead atoms. The van der Waals surface area contributed by atoms with Gasteiger partial charge in [0, 0.05) is 25.2 Å². The Morgan fingerprint density at radius 1 is 1.09 bits per heavy atom. The molecule has 5 nitrogen and oxygen atoms in total. The summed E-state index contributed by atoms with van der Waals surface area (Å²) in [4.78, 5) is 25.8. The maximum absolute atomic E-state index is 12.3. The average Bonchev–Trinajstić information content (AvgIpc) is 2.56. The number of carbonyl (C=O) groups is 2. The Balaban J connectivity index is 2.26. The van der Waals surface area contributed by atoms with E-state index in [2.05, 4.69) is 5.32 Å². The van der Waals surface area contributed by atoms with Gasteiger partial charge in [0.05, 0.1) is 17.8 Å². The van der Waals surface area contributed by atoms with Gasteiger partial charge in [0.2, 0.25) is 0 Å². The molecule has 2 aromatic carbocycles. The van der Waals surface area contributed by atoms with Crippen molar-refractivity contribution in [2.24, 2.45) is 0 Å². The van der Waals surface area contributed by atoms with Crippen LogP contribution in [-0.4, -0.2) is 37.9 Å². The Kier molecular flexibility index (Phi) is 5.24. The first-order chi connectivity index (χ1) is 10.9. The van der Waals surface area contributed by atoms with Gasteiger partial charge in [-0.2, -0.15) is 0 Å². The van der Waals surface area contributed by atoms with Crippen molar-refractivity contribution >= 4 is 29.1 Å². The molecule has 0 atom stereocenters. The van der Waals surface area contributed by atoms with E-state index in [0.717, 1.165) is 0 Å². The van der Waals surface area contributed by atoms with Crippen molar-refractivity contribution in [3.05, 3.63) is 58.6 Å². The molecule has 0 radical (unpaired) electrons. The van der Waals surface area contributed by atoms with Gasteiger partial charge < -0.3 is 15.0 Å². The quantitative estimate of drug-likeness (QED) is 0.934. The van der Waals surface area contributed by atoms with Crippen molar-refractivity contribution in [2.45, 2.75) is 0 Å². The molecule has 0 aliphatic heterocycles. The minimum Gasteiger partial charge on any atom is -0.497 e. The van der Waals surface area contributed by atoms with Crippen molar-refractivity contribution in [1.82, 2.24) is 4.90 Å². The Labute approximate surface area is 139 Å². The Bertz CT molecular complexity index is 744. The van der Waals surface area contributed by atoms with Crippen LogP contribution < -0.4 is 10.1 Å². The van der Waals surface area contributed by atoms with Gasteiger partial charge in [-0.05, 0) is 36.4 Å². The molecule has 0 heterocycles.